The van der Waals surface area contributed by atoms with E-state index in [1.165, 1.54) is 4.90 Å². The van der Waals surface area contributed by atoms with E-state index in [0.717, 1.165) is 11.1 Å². The van der Waals surface area contributed by atoms with E-state index < -0.39 is 5.54 Å². The zero-order valence-corrected chi connectivity index (χ0v) is 10.8. The molecule has 1 aliphatic heterocycles. The maximum absolute atomic E-state index is 11.9. The lowest BCUT2D eigenvalue weighted by Gasteiger charge is -2.29. The number of amides is 3. The van der Waals surface area contributed by atoms with Crippen LogP contribution < -0.4 is 11.1 Å². The molecule has 5 heteroatoms. The highest BCUT2D eigenvalue weighted by atomic mass is 16.2. The van der Waals surface area contributed by atoms with Crippen molar-refractivity contribution >= 4 is 17.6 Å². The normalized spacial score (nSPS) is 23.4. The molecule has 18 heavy (non-hydrogen) atoms. The minimum Gasteiger partial charge on any atom is -0.399 e. The summed E-state index contributed by atoms with van der Waals surface area (Å²) < 4.78 is 0. The van der Waals surface area contributed by atoms with Crippen LogP contribution in [0.1, 0.15) is 18.1 Å². The summed E-state index contributed by atoms with van der Waals surface area (Å²) in [7, 11) is 1.63. The number of hydrogen-bond acceptors (Lipinski definition) is 3. The number of rotatable bonds is 2. The Bertz CT molecular complexity index is 527. The van der Waals surface area contributed by atoms with Gasteiger partial charge in [-0.3, -0.25) is 10.1 Å². The predicted molar refractivity (Wildman–Crippen MR) is 69.0 cm³/mol. The molecule has 0 spiro atoms. The molecule has 1 atom stereocenters. The van der Waals surface area contributed by atoms with Gasteiger partial charge in [0.25, 0.3) is 5.91 Å². The van der Waals surface area contributed by atoms with Gasteiger partial charge in [0.05, 0.1) is 0 Å². The summed E-state index contributed by atoms with van der Waals surface area (Å²) in [4.78, 5) is 24.9. The number of benzene rings is 1. The highest BCUT2D eigenvalue weighted by Gasteiger charge is 2.47. The molecule has 1 heterocycles. The van der Waals surface area contributed by atoms with Crippen LogP contribution in [-0.4, -0.2) is 29.4 Å². The van der Waals surface area contributed by atoms with Crippen LogP contribution >= 0.6 is 0 Å². The predicted octanol–water partition coefficient (Wildman–Crippen LogP) is 1.06. The number of aryl methyl sites for hydroxylation is 1. The number of imide groups is 1. The van der Waals surface area contributed by atoms with Gasteiger partial charge in [0.15, 0.2) is 0 Å². The summed E-state index contributed by atoms with van der Waals surface area (Å²) in [5, 5.41) is 2.33. The van der Waals surface area contributed by atoms with Gasteiger partial charge in [-0.05, 0) is 37.1 Å². The van der Waals surface area contributed by atoms with Gasteiger partial charge in [-0.2, -0.15) is 0 Å². The lowest BCUT2D eigenvalue weighted by atomic mass is 9.89. The fourth-order valence-electron chi connectivity index (χ4n) is 2.18. The molecule has 0 aliphatic carbocycles. The van der Waals surface area contributed by atoms with Crippen LogP contribution in [0.25, 0.3) is 0 Å². The molecule has 2 rings (SSSR count). The fraction of sp³-hybridized carbons (Fsp3) is 0.385. The average Bonchev–Trinajstić information content (AvgIpc) is 2.48. The van der Waals surface area contributed by atoms with Crippen molar-refractivity contribution < 1.29 is 9.59 Å². The van der Waals surface area contributed by atoms with Crippen molar-refractivity contribution in [1.82, 2.24) is 10.2 Å². The Labute approximate surface area is 106 Å². The molecule has 1 aliphatic rings. The molecule has 3 N–H and O–H groups in total. The van der Waals surface area contributed by atoms with Gasteiger partial charge in [0.2, 0.25) is 0 Å². The second kappa shape index (κ2) is 4.01. The maximum atomic E-state index is 11.9. The van der Waals surface area contributed by atoms with Crippen LogP contribution in [0.2, 0.25) is 0 Å². The van der Waals surface area contributed by atoms with Crippen LogP contribution in [0, 0.1) is 6.92 Å². The van der Waals surface area contributed by atoms with E-state index >= 15 is 0 Å². The monoisotopic (exact) mass is 247 g/mol. The third-order valence-corrected chi connectivity index (χ3v) is 3.66. The molecule has 0 saturated carbocycles. The number of carbonyl (C=O) groups excluding carboxylic acids is 2. The van der Waals surface area contributed by atoms with E-state index in [0.29, 0.717) is 12.1 Å². The van der Waals surface area contributed by atoms with Gasteiger partial charge in [-0.25, -0.2) is 4.79 Å². The SMILES string of the molecule is Cc1cc(N)ccc1CC1(C)C(=O)NC(=O)N1C. The first kappa shape index (κ1) is 12.4. The van der Waals surface area contributed by atoms with E-state index in [2.05, 4.69) is 5.32 Å². The molecular formula is C13H17N3O2. The van der Waals surface area contributed by atoms with E-state index in [9.17, 15) is 9.59 Å². The molecule has 0 aromatic heterocycles. The highest BCUT2D eigenvalue weighted by Crippen LogP contribution is 2.26. The molecule has 1 saturated heterocycles. The van der Waals surface area contributed by atoms with Crippen molar-refractivity contribution in [3.8, 4) is 0 Å². The van der Waals surface area contributed by atoms with Gasteiger partial charge < -0.3 is 10.6 Å². The van der Waals surface area contributed by atoms with Crippen molar-refractivity contribution in [2.24, 2.45) is 0 Å². The van der Waals surface area contributed by atoms with Gasteiger partial charge in [0, 0.05) is 19.2 Å². The van der Waals surface area contributed by atoms with Crippen LogP contribution in [-0.2, 0) is 11.2 Å². The van der Waals surface area contributed by atoms with E-state index in [-0.39, 0.29) is 11.9 Å². The van der Waals surface area contributed by atoms with Crippen molar-refractivity contribution in [3.63, 3.8) is 0 Å². The number of nitrogens with two attached hydrogens (primary N) is 1. The van der Waals surface area contributed by atoms with E-state index in [1.54, 1.807) is 20.0 Å². The average molecular weight is 247 g/mol. The third-order valence-electron chi connectivity index (χ3n) is 3.66. The van der Waals surface area contributed by atoms with E-state index in [1.807, 2.05) is 19.1 Å². The highest BCUT2D eigenvalue weighted by molar-refractivity contribution is 6.06. The molecule has 5 nitrogen and oxygen atoms in total. The number of nitrogen functional groups attached to an aromatic ring is 1. The van der Waals surface area contributed by atoms with Gasteiger partial charge in [0.1, 0.15) is 5.54 Å². The van der Waals surface area contributed by atoms with Crippen molar-refractivity contribution in [2.75, 3.05) is 12.8 Å². The second-order valence-corrected chi connectivity index (χ2v) is 4.95. The van der Waals surface area contributed by atoms with Crippen LogP contribution in [0.5, 0.6) is 0 Å². The first-order valence-electron chi connectivity index (χ1n) is 5.79. The molecular weight excluding hydrogens is 230 g/mol. The Hall–Kier alpha value is -2.04. The number of anilines is 1. The summed E-state index contributed by atoms with van der Waals surface area (Å²) in [5.74, 6) is -0.258. The Morgan fingerprint density at radius 2 is 2.06 bits per heavy atom. The largest absolute Gasteiger partial charge is 0.399 e. The first-order valence-corrected chi connectivity index (χ1v) is 5.79. The van der Waals surface area contributed by atoms with E-state index in [4.69, 9.17) is 5.73 Å². The second-order valence-electron chi connectivity index (χ2n) is 4.95. The topological polar surface area (TPSA) is 75.4 Å². The molecule has 3 amide bonds. The summed E-state index contributed by atoms with van der Waals surface area (Å²) in [6, 6.07) is 5.23. The van der Waals surface area contributed by atoms with Crippen LogP contribution in [0.3, 0.4) is 0 Å². The number of urea groups is 1. The van der Waals surface area contributed by atoms with Gasteiger partial charge in [-0.1, -0.05) is 6.07 Å². The summed E-state index contributed by atoms with van der Waals surface area (Å²) in [6.45, 7) is 3.72. The Morgan fingerprint density at radius 3 is 2.56 bits per heavy atom. The molecule has 1 aromatic carbocycles. The van der Waals surface area contributed by atoms with Crippen LogP contribution in [0.4, 0.5) is 10.5 Å². The lowest BCUT2D eigenvalue weighted by Crippen LogP contribution is -2.46. The minimum absolute atomic E-state index is 0.258. The Morgan fingerprint density at radius 1 is 1.39 bits per heavy atom. The smallest absolute Gasteiger partial charge is 0.324 e. The molecule has 1 unspecified atom stereocenters. The van der Waals surface area contributed by atoms with Gasteiger partial charge >= 0.3 is 6.03 Å². The fourth-order valence-corrected chi connectivity index (χ4v) is 2.18. The zero-order valence-electron chi connectivity index (χ0n) is 10.8. The summed E-state index contributed by atoms with van der Waals surface area (Å²) in [6.07, 6.45) is 0.479. The summed E-state index contributed by atoms with van der Waals surface area (Å²) >= 11 is 0. The first-order chi connectivity index (χ1) is 8.34. The quantitative estimate of drug-likeness (QED) is 0.606. The van der Waals surface area contributed by atoms with Crippen LogP contribution in [0.15, 0.2) is 18.2 Å². The number of hydrogen-bond donors (Lipinski definition) is 2. The standard InChI is InChI=1S/C13H17N3O2/c1-8-6-10(14)5-4-9(8)7-13(2)11(17)15-12(18)16(13)3/h4-6H,7,14H2,1-3H3,(H,15,17,18). The van der Waals surface area contributed by atoms with Crippen molar-refractivity contribution in [2.45, 2.75) is 25.8 Å². The molecule has 96 valence electrons. The van der Waals surface area contributed by atoms with Crippen molar-refractivity contribution in [3.05, 3.63) is 29.3 Å². The molecule has 1 fully saturated rings. The third kappa shape index (κ3) is 1.81. The number of likely N-dealkylation sites (N-methyl/N-ethyl adjacent to an activating group) is 1. The number of nitrogens with zero attached hydrogens (tertiary/aromatic N) is 1. The molecule has 1 aromatic rings. The van der Waals surface area contributed by atoms with Gasteiger partial charge in [-0.15, -0.1) is 0 Å². The summed E-state index contributed by atoms with van der Waals surface area (Å²) in [5.41, 5.74) is 7.60. The van der Waals surface area contributed by atoms with Crippen molar-refractivity contribution in [1.29, 1.82) is 0 Å². The minimum atomic E-state index is -0.835. The Kier molecular flexibility index (Phi) is 2.77. The molecule has 0 radical (unpaired) electrons. The Balaban J connectivity index is 2.33. The molecule has 0 bridgehead atoms. The number of nitrogens with one attached hydrogen (secondary N) is 1. The maximum Gasteiger partial charge on any atom is 0.324 e. The number of carbonyl (C=O) groups is 2. The zero-order chi connectivity index (χ0) is 13.5. The lowest BCUT2D eigenvalue weighted by molar-refractivity contribution is -0.125.